The summed E-state index contributed by atoms with van der Waals surface area (Å²) in [6.45, 7) is 3.99. The molecule has 1 aliphatic rings. The average Bonchev–Trinajstić information content (AvgIpc) is 3.48. The molecule has 2 heterocycles. The van der Waals surface area contributed by atoms with Gasteiger partial charge in [-0.1, -0.05) is 30.3 Å². The highest BCUT2D eigenvalue weighted by Gasteiger charge is 2.26. The van der Waals surface area contributed by atoms with Crippen LogP contribution in [-0.4, -0.2) is 53.5 Å². The number of hydrogen-bond donors (Lipinski definition) is 0. The molecule has 1 fully saturated rings. The fourth-order valence-electron chi connectivity index (χ4n) is 3.79. The van der Waals surface area contributed by atoms with E-state index in [-0.39, 0.29) is 12.0 Å². The lowest BCUT2D eigenvalue weighted by molar-refractivity contribution is 0.0539. The summed E-state index contributed by atoms with van der Waals surface area (Å²) in [5, 5.41) is 4.78. The molecule has 0 aliphatic carbocycles. The number of para-hydroxylation sites is 1. The molecule has 1 aliphatic heterocycles. The Labute approximate surface area is 177 Å². The van der Waals surface area contributed by atoms with E-state index in [1.54, 1.807) is 11.8 Å². The minimum absolute atomic E-state index is 0.0343. The van der Waals surface area contributed by atoms with Gasteiger partial charge in [0, 0.05) is 31.5 Å². The van der Waals surface area contributed by atoms with Crippen LogP contribution in [0.15, 0.2) is 60.8 Å². The lowest BCUT2D eigenvalue weighted by Gasteiger charge is -2.24. The summed E-state index contributed by atoms with van der Waals surface area (Å²) in [6, 6.07) is 17.5. The summed E-state index contributed by atoms with van der Waals surface area (Å²) < 4.78 is 12.9. The fourth-order valence-corrected chi connectivity index (χ4v) is 3.79. The molecule has 30 heavy (non-hydrogen) atoms. The number of amides is 1. The number of rotatable bonds is 7. The molecule has 1 amide bonds. The number of likely N-dealkylation sites (N-methyl/N-ethyl adjacent to an activating group) is 1. The number of ether oxygens (including phenoxy) is 2. The topological polar surface area (TPSA) is 56.6 Å². The third-order valence-corrected chi connectivity index (χ3v) is 5.43. The number of carbonyl (C=O) groups excluding carboxylic acids is 1. The summed E-state index contributed by atoms with van der Waals surface area (Å²) in [5.74, 6) is 0.694. The number of aromatic nitrogens is 2. The predicted molar refractivity (Wildman–Crippen MR) is 116 cm³/mol. The van der Waals surface area contributed by atoms with Crippen LogP contribution in [0.4, 0.5) is 0 Å². The average molecular weight is 405 g/mol. The van der Waals surface area contributed by atoms with E-state index in [9.17, 15) is 4.79 Å². The standard InChI is InChI=1S/C24H27N3O3/c1-3-26(16-21-13-8-14-30-21)24(28)22-17-27(19-10-5-4-6-11-19)25-23(22)18-9-7-12-20(15-18)29-2/h4-7,9-12,15,17,21H,3,8,13-14,16H2,1-2H3. The van der Waals surface area contributed by atoms with Crippen molar-refractivity contribution in [1.29, 1.82) is 0 Å². The zero-order valence-electron chi connectivity index (χ0n) is 17.5. The molecular weight excluding hydrogens is 378 g/mol. The molecule has 2 aromatic carbocycles. The van der Waals surface area contributed by atoms with Gasteiger partial charge in [0.05, 0.1) is 24.5 Å². The van der Waals surface area contributed by atoms with E-state index in [1.807, 2.05) is 72.6 Å². The van der Waals surface area contributed by atoms with Gasteiger partial charge in [-0.15, -0.1) is 0 Å². The molecule has 0 radical (unpaired) electrons. The van der Waals surface area contributed by atoms with Crippen molar-refractivity contribution in [1.82, 2.24) is 14.7 Å². The molecule has 0 N–H and O–H groups in total. The van der Waals surface area contributed by atoms with Crippen molar-refractivity contribution in [3.8, 4) is 22.7 Å². The third kappa shape index (κ3) is 4.24. The van der Waals surface area contributed by atoms with Crippen molar-refractivity contribution in [2.45, 2.75) is 25.9 Å². The normalized spacial score (nSPS) is 15.9. The van der Waals surface area contributed by atoms with E-state index in [0.717, 1.165) is 36.4 Å². The van der Waals surface area contributed by atoms with Gasteiger partial charge in [-0.05, 0) is 44.0 Å². The molecule has 0 saturated carbocycles. The van der Waals surface area contributed by atoms with Gasteiger partial charge in [-0.25, -0.2) is 4.68 Å². The zero-order valence-corrected chi connectivity index (χ0v) is 17.5. The minimum Gasteiger partial charge on any atom is -0.497 e. The van der Waals surface area contributed by atoms with E-state index in [1.165, 1.54) is 0 Å². The van der Waals surface area contributed by atoms with Crippen molar-refractivity contribution in [2.24, 2.45) is 0 Å². The van der Waals surface area contributed by atoms with Crippen LogP contribution in [-0.2, 0) is 4.74 Å². The second kappa shape index (κ2) is 9.13. The van der Waals surface area contributed by atoms with Gasteiger partial charge in [0.2, 0.25) is 0 Å². The van der Waals surface area contributed by atoms with Crippen LogP contribution in [0.3, 0.4) is 0 Å². The second-order valence-electron chi connectivity index (χ2n) is 7.38. The zero-order chi connectivity index (χ0) is 20.9. The van der Waals surface area contributed by atoms with E-state index in [0.29, 0.717) is 24.3 Å². The number of benzene rings is 2. The van der Waals surface area contributed by atoms with Crippen molar-refractivity contribution < 1.29 is 14.3 Å². The van der Waals surface area contributed by atoms with Crippen molar-refractivity contribution in [3.63, 3.8) is 0 Å². The Morgan fingerprint density at radius 3 is 2.77 bits per heavy atom. The molecule has 1 atom stereocenters. The molecular formula is C24H27N3O3. The molecule has 4 rings (SSSR count). The Balaban J connectivity index is 1.74. The second-order valence-corrected chi connectivity index (χ2v) is 7.38. The summed E-state index contributed by atoms with van der Waals surface area (Å²) in [7, 11) is 1.63. The molecule has 3 aromatic rings. The van der Waals surface area contributed by atoms with E-state index in [2.05, 4.69) is 0 Å². The molecule has 1 saturated heterocycles. The van der Waals surface area contributed by atoms with Gasteiger partial charge in [-0.3, -0.25) is 4.79 Å². The first kappa shape index (κ1) is 20.2. The summed E-state index contributed by atoms with van der Waals surface area (Å²) in [4.78, 5) is 15.4. The first-order valence-electron chi connectivity index (χ1n) is 10.4. The summed E-state index contributed by atoms with van der Waals surface area (Å²) >= 11 is 0. The minimum atomic E-state index is -0.0343. The number of carbonyl (C=O) groups is 1. The molecule has 1 unspecified atom stereocenters. The summed E-state index contributed by atoms with van der Waals surface area (Å²) in [5.41, 5.74) is 2.98. The van der Waals surface area contributed by atoms with Crippen molar-refractivity contribution in [3.05, 3.63) is 66.4 Å². The van der Waals surface area contributed by atoms with Crippen LogP contribution in [0.5, 0.6) is 5.75 Å². The van der Waals surface area contributed by atoms with E-state index >= 15 is 0 Å². The molecule has 6 nitrogen and oxygen atoms in total. The molecule has 156 valence electrons. The Morgan fingerprint density at radius 2 is 2.07 bits per heavy atom. The Morgan fingerprint density at radius 1 is 1.23 bits per heavy atom. The van der Waals surface area contributed by atoms with Gasteiger partial charge in [-0.2, -0.15) is 5.10 Å². The SMILES string of the molecule is CCN(CC1CCCO1)C(=O)c1cn(-c2ccccc2)nc1-c1cccc(OC)c1. The number of methoxy groups -OCH3 is 1. The third-order valence-electron chi connectivity index (χ3n) is 5.43. The first-order chi connectivity index (χ1) is 14.7. The maximum Gasteiger partial charge on any atom is 0.257 e. The maximum atomic E-state index is 13.5. The Bertz CT molecular complexity index is 994. The number of nitrogens with zero attached hydrogens (tertiary/aromatic N) is 3. The van der Waals surface area contributed by atoms with E-state index in [4.69, 9.17) is 14.6 Å². The molecule has 0 bridgehead atoms. The van der Waals surface area contributed by atoms with Crippen LogP contribution in [0.25, 0.3) is 16.9 Å². The fraction of sp³-hybridized carbons (Fsp3) is 0.333. The first-order valence-corrected chi connectivity index (χ1v) is 10.4. The highest BCUT2D eigenvalue weighted by atomic mass is 16.5. The van der Waals surface area contributed by atoms with Crippen LogP contribution in [0, 0.1) is 0 Å². The lowest BCUT2D eigenvalue weighted by Crippen LogP contribution is -2.37. The van der Waals surface area contributed by atoms with Gasteiger partial charge in [0.1, 0.15) is 11.4 Å². The van der Waals surface area contributed by atoms with Crippen LogP contribution < -0.4 is 4.74 Å². The molecule has 0 spiro atoms. The van der Waals surface area contributed by atoms with E-state index < -0.39 is 0 Å². The highest BCUT2D eigenvalue weighted by molar-refractivity contribution is 6.00. The highest BCUT2D eigenvalue weighted by Crippen LogP contribution is 2.28. The molecule has 6 heteroatoms. The van der Waals surface area contributed by atoms with Crippen LogP contribution in [0.1, 0.15) is 30.1 Å². The van der Waals surface area contributed by atoms with Crippen molar-refractivity contribution >= 4 is 5.91 Å². The smallest absolute Gasteiger partial charge is 0.257 e. The van der Waals surface area contributed by atoms with Crippen LogP contribution in [0.2, 0.25) is 0 Å². The van der Waals surface area contributed by atoms with Gasteiger partial charge in [0.15, 0.2) is 0 Å². The summed E-state index contributed by atoms with van der Waals surface area (Å²) in [6.07, 6.45) is 3.98. The lowest BCUT2D eigenvalue weighted by atomic mass is 10.1. The Hall–Kier alpha value is -3.12. The van der Waals surface area contributed by atoms with Gasteiger partial charge < -0.3 is 14.4 Å². The predicted octanol–water partition coefficient (Wildman–Crippen LogP) is 4.19. The maximum absolute atomic E-state index is 13.5. The van der Waals surface area contributed by atoms with Gasteiger partial charge in [0.25, 0.3) is 5.91 Å². The molecule has 1 aromatic heterocycles. The largest absolute Gasteiger partial charge is 0.497 e. The number of hydrogen-bond acceptors (Lipinski definition) is 4. The quantitative estimate of drug-likeness (QED) is 0.591. The monoisotopic (exact) mass is 405 g/mol. The van der Waals surface area contributed by atoms with Gasteiger partial charge >= 0.3 is 0 Å². The van der Waals surface area contributed by atoms with Crippen LogP contribution >= 0.6 is 0 Å². The Kier molecular flexibility index (Phi) is 6.14. The van der Waals surface area contributed by atoms with Crippen molar-refractivity contribution in [2.75, 3.05) is 26.8 Å².